The van der Waals surface area contributed by atoms with Gasteiger partial charge in [0.1, 0.15) is 0 Å². The Labute approximate surface area is 126 Å². The highest BCUT2D eigenvalue weighted by molar-refractivity contribution is 5.71. The van der Waals surface area contributed by atoms with Crippen molar-refractivity contribution < 1.29 is 9.53 Å². The molecule has 2 aromatic carbocycles. The molecule has 110 valence electrons. The second-order valence-corrected chi connectivity index (χ2v) is 5.33. The molecular formula is C19H22O2. The van der Waals surface area contributed by atoms with Gasteiger partial charge in [0.15, 0.2) is 0 Å². The number of rotatable bonds is 7. The molecule has 0 bridgehead atoms. The van der Waals surface area contributed by atoms with Crippen LogP contribution in [0.1, 0.15) is 24.5 Å². The first-order valence-electron chi connectivity index (χ1n) is 7.50. The summed E-state index contributed by atoms with van der Waals surface area (Å²) in [5, 5.41) is 0. The lowest BCUT2D eigenvalue weighted by atomic mass is 10.0. The van der Waals surface area contributed by atoms with E-state index in [-0.39, 0.29) is 11.9 Å². The van der Waals surface area contributed by atoms with E-state index >= 15 is 0 Å². The minimum atomic E-state index is -0.0955. The lowest BCUT2D eigenvalue weighted by Crippen LogP contribution is -2.17. The van der Waals surface area contributed by atoms with Crippen molar-refractivity contribution in [3.05, 3.63) is 71.8 Å². The lowest BCUT2D eigenvalue weighted by molar-refractivity contribution is -0.148. The fraction of sp³-hybridized carbons (Fsp3) is 0.316. The summed E-state index contributed by atoms with van der Waals surface area (Å²) in [7, 11) is 0. The van der Waals surface area contributed by atoms with Crippen molar-refractivity contribution in [3.8, 4) is 0 Å². The number of carbonyl (C=O) groups is 1. The summed E-state index contributed by atoms with van der Waals surface area (Å²) in [6.07, 6.45) is 2.52. The van der Waals surface area contributed by atoms with Crippen LogP contribution in [0.2, 0.25) is 0 Å². The summed E-state index contributed by atoms with van der Waals surface area (Å²) >= 11 is 0. The molecule has 0 heterocycles. The van der Waals surface area contributed by atoms with Crippen molar-refractivity contribution in [2.24, 2.45) is 5.92 Å². The standard InChI is InChI=1S/C19H22O2/c1-16(12-13-17-8-4-2-5-9-17)19(20)21-15-14-18-10-6-3-7-11-18/h2-11,16H,12-15H2,1H3. The van der Waals surface area contributed by atoms with Crippen molar-refractivity contribution >= 4 is 5.97 Å². The molecular weight excluding hydrogens is 260 g/mol. The van der Waals surface area contributed by atoms with Crippen LogP contribution in [0.25, 0.3) is 0 Å². The molecule has 1 atom stereocenters. The summed E-state index contributed by atoms with van der Waals surface area (Å²) in [6.45, 7) is 2.40. The first kappa shape index (κ1) is 15.3. The predicted octanol–water partition coefficient (Wildman–Crippen LogP) is 4.04. The SMILES string of the molecule is CC(CCc1ccccc1)C(=O)OCCc1ccccc1. The molecule has 1 unspecified atom stereocenters. The van der Waals surface area contributed by atoms with E-state index in [1.165, 1.54) is 11.1 Å². The molecule has 0 saturated carbocycles. The molecule has 2 heteroatoms. The molecule has 0 aliphatic heterocycles. The van der Waals surface area contributed by atoms with Gasteiger partial charge in [-0.15, -0.1) is 0 Å². The first-order valence-corrected chi connectivity index (χ1v) is 7.50. The number of aryl methyl sites for hydroxylation is 1. The molecule has 0 amide bonds. The van der Waals surface area contributed by atoms with Crippen LogP contribution >= 0.6 is 0 Å². The van der Waals surface area contributed by atoms with Crippen molar-refractivity contribution in [1.82, 2.24) is 0 Å². The Morgan fingerprint density at radius 3 is 2.00 bits per heavy atom. The number of hydrogen-bond donors (Lipinski definition) is 0. The Kier molecular flexibility index (Phi) is 6.01. The Balaban J connectivity index is 1.68. The Morgan fingerprint density at radius 1 is 0.905 bits per heavy atom. The smallest absolute Gasteiger partial charge is 0.308 e. The minimum Gasteiger partial charge on any atom is -0.465 e. The van der Waals surface area contributed by atoms with Gasteiger partial charge in [-0.05, 0) is 24.0 Å². The average molecular weight is 282 g/mol. The molecule has 0 aliphatic rings. The van der Waals surface area contributed by atoms with Crippen molar-refractivity contribution in [2.45, 2.75) is 26.2 Å². The molecule has 21 heavy (non-hydrogen) atoms. The molecule has 0 spiro atoms. The van der Waals surface area contributed by atoms with Gasteiger partial charge in [0.25, 0.3) is 0 Å². The van der Waals surface area contributed by atoms with Crippen LogP contribution in [0, 0.1) is 5.92 Å². The van der Waals surface area contributed by atoms with Gasteiger partial charge in [0.2, 0.25) is 0 Å². The van der Waals surface area contributed by atoms with Gasteiger partial charge in [0, 0.05) is 6.42 Å². The van der Waals surface area contributed by atoms with Crippen molar-refractivity contribution in [3.63, 3.8) is 0 Å². The zero-order valence-electron chi connectivity index (χ0n) is 12.5. The van der Waals surface area contributed by atoms with E-state index in [1.807, 2.05) is 55.5 Å². The predicted molar refractivity (Wildman–Crippen MR) is 85.0 cm³/mol. The highest BCUT2D eigenvalue weighted by atomic mass is 16.5. The lowest BCUT2D eigenvalue weighted by Gasteiger charge is -2.11. The molecule has 2 nitrogen and oxygen atoms in total. The number of benzene rings is 2. The van der Waals surface area contributed by atoms with Crippen LogP contribution < -0.4 is 0 Å². The Morgan fingerprint density at radius 2 is 1.43 bits per heavy atom. The van der Waals surface area contributed by atoms with Gasteiger partial charge in [-0.25, -0.2) is 0 Å². The molecule has 0 saturated heterocycles. The van der Waals surface area contributed by atoms with Crippen LogP contribution in [0.15, 0.2) is 60.7 Å². The molecule has 0 fully saturated rings. The number of ether oxygens (including phenoxy) is 1. The van der Waals surface area contributed by atoms with Gasteiger partial charge < -0.3 is 4.74 Å². The maximum atomic E-state index is 11.9. The van der Waals surface area contributed by atoms with Gasteiger partial charge in [-0.2, -0.15) is 0 Å². The quantitative estimate of drug-likeness (QED) is 0.716. The van der Waals surface area contributed by atoms with Crippen LogP contribution in [-0.4, -0.2) is 12.6 Å². The summed E-state index contributed by atoms with van der Waals surface area (Å²) in [5.41, 5.74) is 2.46. The van der Waals surface area contributed by atoms with E-state index in [2.05, 4.69) is 12.1 Å². The zero-order valence-corrected chi connectivity index (χ0v) is 12.5. The monoisotopic (exact) mass is 282 g/mol. The van der Waals surface area contributed by atoms with Crippen LogP contribution in [0.4, 0.5) is 0 Å². The maximum Gasteiger partial charge on any atom is 0.308 e. The van der Waals surface area contributed by atoms with Gasteiger partial charge in [-0.3, -0.25) is 4.79 Å². The van der Waals surface area contributed by atoms with E-state index in [4.69, 9.17) is 4.74 Å². The summed E-state index contributed by atoms with van der Waals surface area (Å²) in [6, 6.07) is 20.3. The van der Waals surface area contributed by atoms with Crippen molar-refractivity contribution in [2.75, 3.05) is 6.61 Å². The minimum absolute atomic E-state index is 0.0546. The largest absolute Gasteiger partial charge is 0.465 e. The van der Waals surface area contributed by atoms with E-state index < -0.39 is 0 Å². The topological polar surface area (TPSA) is 26.3 Å². The molecule has 0 N–H and O–H groups in total. The van der Waals surface area contributed by atoms with Gasteiger partial charge in [0.05, 0.1) is 12.5 Å². The average Bonchev–Trinajstić information content (AvgIpc) is 2.54. The highest BCUT2D eigenvalue weighted by Crippen LogP contribution is 2.11. The molecule has 0 aliphatic carbocycles. The van der Waals surface area contributed by atoms with E-state index in [0.29, 0.717) is 6.61 Å². The van der Waals surface area contributed by atoms with Crippen molar-refractivity contribution in [1.29, 1.82) is 0 Å². The maximum absolute atomic E-state index is 11.9. The van der Waals surface area contributed by atoms with E-state index in [1.54, 1.807) is 0 Å². The fourth-order valence-corrected chi connectivity index (χ4v) is 2.20. The third kappa shape index (κ3) is 5.42. The number of carbonyl (C=O) groups excluding carboxylic acids is 1. The van der Waals surface area contributed by atoms with Crippen LogP contribution in [-0.2, 0) is 22.4 Å². The van der Waals surface area contributed by atoms with Crippen LogP contribution in [0.5, 0.6) is 0 Å². The Hall–Kier alpha value is -2.09. The zero-order chi connectivity index (χ0) is 14.9. The molecule has 2 aromatic rings. The number of hydrogen-bond acceptors (Lipinski definition) is 2. The van der Waals surface area contributed by atoms with Gasteiger partial charge >= 0.3 is 5.97 Å². The summed E-state index contributed by atoms with van der Waals surface area (Å²) in [4.78, 5) is 11.9. The first-order chi connectivity index (χ1) is 10.3. The second kappa shape index (κ2) is 8.25. The molecule has 0 radical (unpaired) electrons. The van der Waals surface area contributed by atoms with E-state index in [0.717, 1.165) is 19.3 Å². The van der Waals surface area contributed by atoms with E-state index in [9.17, 15) is 4.79 Å². The van der Waals surface area contributed by atoms with Crippen LogP contribution in [0.3, 0.4) is 0 Å². The fourth-order valence-electron chi connectivity index (χ4n) is 2.20. The molecule has 0 aromatic heterocycles. The third-order valence-electron chi connectivity index (χ3n) is 3.59. The Bertz CT molecular complexity index is 534. The normalized spacial score (nSPS) is 11.9. The number of esters is 1. The second-order valence-electron chi connectivity index (χ2n) is 5.33. The third-order valence-corrected chi connectivity index (χ3v) is 3.59. The highest BCUT2D eigenvalue weighted by Gasteiger charge is 2.14. The summed E-state index contributed by atoms with van der Waals surface area (Å²) < 4.78 is 5.36. The van der Waals surface area contributed by atoms with Gasteiger partial charge in [-0.1, -0.05) is 67.6 Å². The summed E-state index contributed by atoms with van der Waals surface area (Å²) in [5.74, 6) is -0.150. The molecule has 2 rings (SSSR count).